The highest BCUT2D eigenvalue weighted by atomic mass is 16.5. The number of carbonyl (C=O) groups is 1. The van der Waals surface area contributed by atoms with Crippen LogP contribution in [0.2, 0.25) is 0 Å². The number of hydrogen-bond acceptors (Lipinski definition) is 4. The van der Waals surface area contributed by atoms with E-state index in [2.05, 4.69) is 10.2 Å². The average Bonchev–Trinajstić information content (AvgIpc) is 2.61. The molecule has 1 saturated heterocycles. The molecule has 1 aliphatic carbocycles. The Hall–Kier alpha value is -1.75. The van der Waals surface area contributed by atoms with Gasteiger partial charge >= 0.3 is 0 Å². The van der Waals surface area contributed by atoms with Gasteiger partial charge in [0.2, 0.25) is 0 Å². The van der Waals surface area contributed by atoms with Gasteiger partial charge in [-0.05, 0) is 30.9 Å². The third kappa shape index (κ3) is 4.16. The first-order chi connectivity index (χ1) is 11.2. The number of anilines is 1. The van der Waals surface area contributed by atoms with Gasteiger partial charge in [-0.15, -0.1) is 0 Å². The minimum Gasteiger partial charge on any atom is -0.507 e. The SMILES string of the molecule is O=C(NCC1CCCCC1)c1ccc(N2CCOCC2)cc1O. The molecule has 0 atom stereocenters. The highest BCUT2D eigenvalue weighted by molar-refractivity contribution is 5.97. The van der Waals surface area contributed by atoms with Gasteiger partial charge in [0.05, 0.1) is 18.8 Å². The molecule has 23 heavy (non-hydrogen) atoms. The van der Waals surface area contributed by atoms with Gasteiger partial charge in [0.1, 0.15) is 5.75 Å². The van der Waals surface area contributed by atoms with Crippen molar-refractivity contribution in [1.29, 1.82) is 0 Å². The Kier molecular flexibility index (Phi) is 5.39. The number of nitrogens with one attached hydrogen (secondary N) is 1. The summed E-state index contributed by atoms with van der Waals surface area (Å²) in [6.07, 6.45) is 6.23. The molecule has 126 valence electrons. The first-order valence-corrected chi connectivity index (χ1v) is 8.68. The number of nitrogens with zero attached hydrogens (tertiary/aromatic N) is 1. The fraction of sp³-hybridized carbons (Fsp3) is 0.611. The number of phenolic OH excluding ortho intramolecular Hbond substituents is 1. The molecule has 3 rings (SSSR count). The Balaban J connectivity index is 1.59. The van der Waals surface area contributed by atoms with Crippen molar-refractivity contribution in [2.45, 2.75) is 32.1 Å². The van der Waals surface area contributed by atoms with Crippen molar-refractivity contribution in [3.63, 3.8) is 0 Å². The smallest absolute Gasteiger partial charge is 0.255 e. The van der Waals surface area contributed by atoms with E-state index in [9.17, 15) is 9.90 Å². The van der Waals surface area contributed by atoms with Crippen molar-refractivity contribution in [3.8, 4) is 5.75 Å². The predicted octanol–water partition coefficient (Wildman–Crippen LogP) is 2.54. The van der Waals surface area contributed by atoms with Crippen LogP contribution in [0.1, 0.15) is 42.5 Å². The summed E-state index contributed by atoms with van der Waals surface area (Å²) in [6.45, 7) is 3.73. The number of benzene rings is 1. The van der Waals surface area contributed by atoms with Crippen LogP contribution in [-0.2, 0) is 4.74 Å². The van der Waals surface area contributed by atoms with E-state index in [0.717, 1.165) is 18.8 Å². The Morgan fingerprint density at radius 2 is 1.96 bits per heavy atom. The van der Waals surface area contributed by atoms with Gasteiger partial charge in [-0.1, -0.05) is 19.3 Å². The lowest BCUT2D eigenvalue weighted by molar-refractivity contribution is 0.0941. The third-order valence-corrected chi connectivity index (χ3v) is 4.88. The molecule has 5 nitrogen and oxygen atoms in total. The molecule has 0 radical (unpaired) electrons. The first kappa shape index (κ1) is 16.1. The fourth-order valence-corrected chi connectivity index (χ4v) is 3.45. The molecule has 0 spiro atoms. The lowest BCUT2D eigenvalue weighted by Crippen LogP contribution is -2.36. The molecule has 0 bridgehead atoms. The molecule has 1 amide bonds. The summed E-state index contributed by atoms with van der Waals surface area (Å²) >= 11 is 0. The molecule has 0 aromatic heterocycles. The van der Waals surface area contributed by atoms with Crippen LogP contribution in [0.25, 0.3) is 0 Å². The second kappa shape index (κ2) is 7.68. The van der Waals surface area contributed by atoms with Gasteiger partial charge < -0.3 is 20.1 Å². The summed E-state index contributed by atoms with van der Waals surface area (Å²) < 4.78 is 5.33. The van der Waals surface area contributed by atoms with Gasteiger partial charge in [-0.25, -0.2) is 0 Å². The summed E-state index contributed by atoms with van der Waals surface area (Å²) in [5.41, 5.74) is 1.30. The van der Waals surface area contributed by atoms with Crippen molar-refractivity contribution in [2.24, 2.45) is 5.92 Å². The number of ether oxygens (including phenoxy) is 1. The summed E-state index contributed by atoms with van der Waals surface area (Å²) in [5, 5.41) is 13.2. The maximum atomic E-state index is 12.3. The van der Waals surface area contributed by atoms with Crippen LogP contribution in [0.15, 0.2) is 18.2 Å². The van der Waals surface area contributed by atoms with E-state index in [1.165, 1.54) is 32.1 Å². The highest BCUT2D eigenvalue weighted by Crippen LogP contribution is 2.26. The number of aromatic hydroxyl groups is 1. The summed E-state index contributed by atoms with van der Waals surface area (Å²) in [6, 6.07) is 5.30. The van der Waals surface area contributed by atoms with Crippen molar-refractivity contribution >= 4 is 11.6 Å². The Morgan fingerprint density at radius 1 is 1.22 bits per heavy atom. The van der Waals surface area contributed by atoms with E-state index in [-0.39, 0.29) is 11.7 Å². The number of carbonyl (C=O) groups excluding carboxylic acids is 1. The lowest BCUT2D eigenvalue weighted by Gasteiger charge is -2.29. The van der Waals surface area contributed by atoms with E-state index in [4.69, 9.17) is 4.74 Å². The number of hydrogen-bond donors (Lipinski definition) is 2. The predicted molar refractivity (Wildman–Crippen MR) is 90.0 cm³/mol. The minimum absolute atomic E-state index is 0.0511. The lowest BCUT2D eigenvalue weighted by atomic mass is 9.89. The highest BCUT2D eigenvalue weighted by Gasteiger charge is 2.18. The van der Waals surface area contributed by atoms with Crippen molar-refractivity contribution in [3.05, 3.63) is 23.8 Å². The molecule has 1 aliphatic heterocycles. The number of morpholine rings is 1. The second-order valence-electron chi connectivity index (χ2n) is 6.51. The quantitative estimate of drug-likeness (QED) is 0.895. The topological polar surface area (TPSA) is 61.8 Å². The zero-order chi connectivity index (χ0) is 16.1. The zero-order valence-electron chi connectivity index (χ0n) is 13.6. The maximum absolute atomic E-state index is 12.3. The first-order valence-electron chi connectivity index (χ1n) is 8.68. The molecule has 1 saturated carbocycles. The van der Waals surface area contributed by atoms with Gasteiger partial charge in [-0.3, -0.25) is 4.79 Å². The summed E-state index contributed by atoms with van der Waals surface area (Å²) in [5.74, 6) is 0.458. The number of phenols is 1. The van der Waals surface area contributed by atoms with Gasteiger partial charge in [0.25, 0.3) is 5.91 Å². The van der Waals surface area contributed by atoms with Gasteiger partial charge in [0.15, 0.2) is 0 Å². The average molecular weight is 318 g/mol. The van der Waals surface area contributed by atoms with E-state index in [1.807, 2.05) is 6.07 Å². The fourth-order valence-electron chi connectivity index (χ4n) is 3.45. The Bertz CT molecular complexity index is 535. The monoisotopic (exact) mass is 318 g/mol. The van der Waals surface area contributed by atoms with E-state index >= 15 is 0 Å². The molecule has 2 N–H and O–H groups in total. The normalized spacial score (nSPS) is 19.6. The molecule has 2 aliphatic rings. The van der Waals surface area contributed by atoms with Gasteiger partial charge in [0, 0.05) is 31.4 Å². The molecule has 5 heteroatoms. The van der Waals surface area contributed by atoms with Crippen LogP contribution in [0.4, 0.5) is 5.69 Å². The minimum atomic E-state index is -0.179. The molecule has 1 aromatic rings. The Labute approximate surface area is 137 Å². The van der Waals surface area contributed by atoms with Crippen molar-refractivity contribution in [2.75, 3.05) is 37.7 Å². The Morgan fingerprint density at radius 3 is 2.65 bits per heavy atom. The molecule has 1 heterocycles. The largest absolute Gasteiger partial charge is 0.507 e. The second-order valence-corrected chi connectivity index (χ2v) is 6.51. The molecular weight excluding hydrogens is 292 g/mol. The molecule has 0 unspecified atom stereocenters. The van der Waals surface area contributed by atoms with Crippen LogP contribution in [-0.4, -0.2) is 43.9 Å². The molecular formula is C18H26N2O3. The maximum Gasteiger partial charge on any atom is 0.255 e. The van der Waals surface area contributed by atoms with Crippen LogP contribution in [0, 0.1) is 5.92 Å². The van der Waals surface area contributed by atoms with E-state index in [1.54, 1.807) is 12.1 Å². The summed E-state index contributed by atoms with van der Waals surface area (Å²) in [4.78, 5) is 14.5. The van der Waals surface area contributed by atoms with Crippen LogP contribution in [0.5, 0.6) is 5.75 Å². The van der Waals surface area contributed by atoms with Crippen LogP contribution >= 0.6 is 0 Å². The number of amides is 1. The zero-order valence-corrected chi connectivity index (χ0v) is 13.6. The van der Waals surface area contributed by atoms with Crippen molar-refractivity contribution in [1.82, 2.24) is 5.32 Å². The van der Waals surface area contributed by atoms with E-state index < -0.39 is 0 Å². The van der Waals surface area contributed by atoms with Crippen LogP contribution < -0.4 is 10.2 Å². The third-order valence-electron chi connectivity index (χ3n) is 4.88. The van der Waals surface area contributed by atoms with Crippen LogP contribution in [0.3, 0.4) is 0 Å². The van der Waals surface area contributed by atoms with E-state index in [0.29, 0.717) is 31.2 Å². The number of rotatable bonds is 4. The molecule has 2 fully saturated rings. The molecule has 1 aromatic carbocycles. The van der Waals surface area contributed by atoms with Gasteiger partial charge in [-0.2, -0.15) is 0 Å². The standard InChI is InChI=1S/C18H26N2O3/c21-17-12-15(20-8-10-23-11-9-20)6-7-16(17)18(22)19-13-14-4-2-1-3-5-14/h6-7,12,14,21H,1-5,8-11,13H2,(H,19,22). The summed E-state index contributed by atoms with van der Waals surface area (Å²) in [7, 11) is 0. The van der Waals surface area contributed by atoms with Crippen molar-refractivity contribution < 1.29 is 14.6 Å².